The molecule has 0 aromatic rings. The van der Waals surface area contributed by atoms with Crippen LogP contribution in [0.5, 0.6) is 0 Å². The van der Waals surface area contributed by atoms with E-state index in [-0.39, 0.29) is 40.7 Å². The lowest BCUT2D eigenvalue weighted by atomic mass is 9.38. The molecule has 0 amide bonds. The van der Waals surface area contributed by atoms with Crippen LogP contribution >= 0.6 is 0 Å². The molecule has 166 valence electrons. The summed E-state index contributed by atoms with van der Waals surface area (Å²) in [6, 6.07) is 0. The second-order valence-corrected chi connectivity index (χ2v) is 11.4. The normalized spacial score (nSPS) is 46.2. The molecule has 3 rings (SSSR count). The fourth-order valence-electron chi connectivity index (χ4n) is 7.91. The van der Waals surface area contributed by atoms with Crippen molar-refractivity contribution < 1.29 is 24.2 Å². The van der Waals surface area contributed by atoms with Crippen LogP contribution in [0.4, 0.5) is 0 Å². The maximum Gasteiger partial charge on any atom is 0.303 e. The number of rotatable bonds is 3. The van der Waals surface area contributed by atoms with Gasteiger partial charge < -0.3 is 14.6 Å². The van der Waals surface area contributed by atoms with Crippen LogP contribution in [0.2, 0.25) is 0 Å². The van der Waals surface area contributed by atoms with Crippen molar-refractivity contribution in [1.82, 2.24) is 0 Å². The Morgan fingerprint density at radius 2 is 1.59 bits per heavy atom. The summed E-state index contributed by atoms with van der Waals surface area (Å²) >= 11 is 0. The van der Waals surface area contributed by atoms with Gasteiger partial charge in [0.2, 0.25) is 0 Å². The minimum atomic E-state index is -1.24. The van der Waals surface area contributed by atoms with Crippen molar-refractivity contribution in [1.29, 1.82) is 0 Å². The summed E-state index contributed by atoms with van der Waals surface area (Å²) in [5, 5.41) is 11.6. The Morgan fingerprint density at radius 3 is 2.17 bits per heavy atom. The molecule has 0 bridgehead atoms. The first-order valence-electron chi connectivity index (χ1n) is 11.3. The van der Waals surface area contributed by atoms with Gasteiger partial charge >= 0.3 is 11.9 Å². The monoisotopic (exact) mass is 408 g/mol. The van der Waals surface area contributed by atoms with Gasteiger partial charge in [0.15, 0.2) is 0 Å². The largest absolute Gasteiger partial charge is 0.465 e. The van der Waals surface area contributed by atoms with Gasteiger partial charge in [-0.2, -0.15) is 0 Å². The second kappa shape index (κ2) is 7.25. The van der Waals surface area contributed by atoms with E-state index in [1.165, 1.54) is 26.7 Å². The van der Waals surface area contributed by atoms with E-state index in [9.17, 15) is 14.7 Å². The van der Waals surface area contributed by atoms with Gasteiger partial charge in [-0.25, -0.2) is 0 Å². The Labute approximate surface area is 175 Å². The zero-order valence-electron chi connectivity index (χ0n) is 19.3. The minimum Gasteiger partial charge on any atom is -0.465 e. The quantitative estimate of drug-likeness (QED) is 0.696. The van der Waals surface area contributed by atoms with Crippen molar-refractivity contribution in [2.75, 3.05) is 6.61 Å². The van der Waals surface area contributed by atoms with E-state index in [1.807, 2.05) is 0 Å². The summed E-state index contributed by atoms with van der Waals surface area (Å²) in [7, 11) is 0. The average Bonchev–Trinajstić information content (AvgIpc) is 2.54. The highest BCUT2D eigenvalue weighted by Gasteiger charge is 2.67. The van der Waals surface area contributed by atoms with Crippen molar-refractivity contribution in [3.63, 3.8) is 0 Å². The molecular formula is C24H40O5. The second-order valence-electron chi connectivity index (χ2n) is 11.4. The van der Waals surface area contributed by atoms with Crippen molar-refractivity contribution in [2.24, 2.45) is 34.0 Å². The van der Waals surface area contributed by atoms with E-state index < -0.39 is 11.7 Å². The number of carbonyl (C=O) groups is 2. The predicted octanol–water partition coefficient (Wildman–Crippen LogP) is 4.50. The van der Waals surface area contributed by atoms with Gasteiger partial charge in [0.25, 0.3) is 0 Å². The molecule has 3 aliphatic rings. The van der Waals surface area contributed by atoms with Crippen molar-refractivity contribution in [2.45, 2.75) is 98.7 Å². The van der Waals surface area contributed by atoms with Crippen LogP contribution in [0.3, 0.4) is 0 Å². The van der Waals surface area contributed by atoms with Gasteiger partial charge in [0.05, 0.1) is 6.61 Å². The first-order chi connectivity index (χ1) is 13.2. The van der Waals surface area contributed by atoms with Crippen molar-refractivity contribution in [3.05, 3.63) is 0 Å². The summed E-state index contributed by atoms with van der Waals surface area (Å²) in [4.78, 5) is 23.5. The number of hydrogen-bond acceptors (Lipinski definition) is 5. The van der Waals surface area contributed by atoms with Crippen LogP contribution in [0, 0.1) is 34.0 Å². The molecule has 0 aliphatic heterocycles. The highest BCUT2D eigenvalue weighted by Crippen LogP contribution is 2.69. The van der Waals surface area contributed by atoms with E-state index in [0.717, 1.165) is 19.3 Å². The Balaban J connectivity index is 2.06. The molecule has 3 saturated carbocycles. The van der Waals surface area contributed by atoms with Crippen molar-refractivity contribution in [3.8, 4) is 0 Å². The molecule has 1 N–H and O–H groups in total. The first kappa shape index (κ1) is 22.6. The predicted molar refractivity (Wildman–Crippen MR) is 111 cm³/mol. The van der Waals surface area contributed by atoms with Crippen LogP contribution < -0.4 is 0 Å². The Bertz CT molecular complexity index is 668. The van der Waals surface area contributed by atoms with E-state index in [0.29, 0.717) is 18.3 Å². The van der Waals surface area contributed by atoms with Gasteiger partial charge in [0.1, 0.15) is 11.7 Å². The lowest BCUT2D eigenvalue weighted by Gasteiger charge is -2.68. The molecular weight excluding hydrogens is 368 g/mol. The van der Waals surface area contributed by atoms with Gasteiger partial charge in [-0.15, -0.1) is 0 Å². The van der Waals surface area contributed by atoms with Crippen LogP contribution in [-0.2, 0) is 19.1 Å². The summed E-state index contributed by atoms with van der Waals surface area (Å²) in [5.74, 6) is -0.0682. The fraction of sp³-hybridized carbons (Fsp3) is 0.917. The number of aliphatic hydroxyl groups is 1. The number of fused-ring (bicyclic) bond motifs is 3. The van der Waals surface area contributed by atoms with Gasteiger partial charge in [-0.1, -0.05) is 34.1 Å². The average molecular weight is 409 g/mol. The summed E-state index contributed by atoms with van der Waals surface area (Å²) < 4.78 is 11.1. The van der Waals surface area contributed by atoms with Gasteiger partial charge in [-0.3, -0.25) is 9.59 Å². The number of esters is 2. The molecule has 29 heavy (non-hydrogen) atoms. The zero-order valence-corrected chi connectivity index (χ0v) is 19.3. The molecule has 3 fully saturated rings. The Kier molecular flexibility index (Phi) is 5.64. The number of carbonyl (C=O) groups excluding carboxylic acids is 2. The standard InChI is InChI=1S/C24H40O5/c1-15(25)28-14-19-23(6)12-9-17-21(3,4)10-8-11-22(17,5)18(23)13-20(24(19,7)27)29-16(2)26/h17-20,27H,8-14H2,1-7H3. The SMILES string of the molecule is CC(=O)OCC1C(C)(O)C(OC(C)=O)CC2C3(C)CCCC(C)(C)C3CCC12C. The molecule has 0 aromatic carbocycles. The summed E-state index contributed by atoms with van der Waals surface area (Å²) in [5.41, 5.74) is -0.997. The van der Waals surface area contributed by atoms with Gasteiger partial charge in [0, 0.05) is 19.8 Å². The van der Waals surface area contributed by atoms with Crippen LogP contribution in [0.25, 0.3) is 0 Å². The summed E-state index contributed by atoms with van der Waals surface area (Å²) in [6.45, 7) is 14.2. The lowest BCUT2D eigenvalue weighted by Crippen LogP contribution is -2.68. The lowest BCUT2D eigenvalue weighted by molar-refractivity contribution is -0.259. The summed E-state index contributed by atoms with van der Waals surface area (Å²) in [6.07, 6.45) is 5.82. The highest BCUT2D eigenvalue weighted by atomic mass is 16.6. The minimum absolute atomic E-state index is 0.123. The fourth-order valence-corrected chi connectivity index (χ4v) is 7.91. The van der Waals surface area contributed by atoms with E-state index in [2.05, 4.69) is 27.7 Å². The molecule has 7 atom stereocenters. The Hall–Kier alpha value is -1.10. The van der Waals surface area contributed by atoms with E-state index in [4.69, 9.17) is 9.47 Å². The van der Waals surface area contributed by atoms with Crippen molar-refractivity contribution >= 4 is 11.9 Å². The highest BCUT2D eigenvalue weighted by molar-refractivity contribution is 5.66. The topological polar surface area (TPSA) is 72.8 Å². The molecule has 5 heteroatoms. The molecule has 3 aliphatic carbocycles. The van der Waals surface area contributed by atoms with E-state index >= 15 is 0 Å². The molecule has 0 heterocycles. The molecule has 0 saturated heterocycles. The first-order valence-corrected chi connectivity index (χ1v) is 11.3. The van der Waals surface area contributed by atoms with Gasteiger partial charge in [-0.05, 0) is 67.1 Å². The molecule has 5 nitrogen and oxygen atoms in total. The number of ether oxygens (including phenoxy) is 2. The third-order valence-electron chi connectivity index (χ3n) is 9.20. The molecule has 0 spiro atoms. The third-order valence-corrected chi connectivity index (χ3v) is 9.20. The van der Waals surface area contributed by atoms with Crippen LogP contribution in [-0.4, -0.2) is 35.4 Å². The number of hydrogen-bond donors (Lipinski definition) is 1. The molecule has 0 aromatic heterocycles. The van der Waals surface area contributed by atoms with Crippen LogP contribution in [0.1, 0.15) is 87.0 Å². The maximum atomic E-state index is 11.9. The van der Waals surface area contributed by atoms with Crippen LogP contribution in [0.15, 0.2) is 0 Å². The molecule has 7 unspecified atom stereocenters. The maximum absolute atomic E-state index is 11.9. The molecule has 0 radical (unpaired) electrons. The zero-order chi connectivity index (χ0) is 21.8. The van der Waals surface area contributed by atoms with E-state index in [1.54, 1.807) is 6.92 Å². The smallest absolute Gasteiger partial charge is 0.303 e. The Morgan fingerprint density at radius 1 is 0.931 bits per heavy atom. The third kappa shape index (κ3) is 3.62.